The van der Waals surface area contributed by atoms with Crippen LogP contribution in [0.5, 0.6) is 11.5 Å². The maximum absolute atomic E-state index is 12.2. The van der Waals surface area contributed by atoms with Gasteiger partial charge in [-0.2, -0.15) is 0 Å². The van der Waals surface area contributed by atoms with Crippen LogP contribution in [0.2, 0.25) is 0 Å². The number of hydrogen-bond donors (Lipinski definition) is 1. The van der Waals surface area contributed by atoms with Gasteiger partial charge < -0.3 is 19.5 Å². The predicted octanol–water partition coefficient (Wildman–Crippen LogP) is 2.97. The number of amides is 1. The summed E-state index contributed by atoms with van der Waals surface area (Å²) >= 11 is 0. The second kappa shape index (κ2) is 8.05. The van der Waals surface area contributed by atoms with Crippen molar-refractivity contribution in [2.45, 2.75) is 0 Å². The largest absolute Gasteiger partial charge is 0.497 e. The fourth-order valence-electron chi connectivity index (χ4n) is 1.85. The van der Waals surface area contributed by atoms with E-state index in [-0.39, 0.29) is 5.91 Å². The predicted molar refractivity (Wildman–Crippen MR) is 84.8 cm³/mol. The van der Waals surface area contributed by atoms with E-state index in [1.807, 2.05) is 18.2 Å². The monoisotopic (exact) mass is 301 g/mol. The summed E-state index contributed by atoms with van der Waals surface area (Å²) in [5.41, 5.74) is 1.24. The molecule has 0 unspecified atom stereocenters. The summed E-state index contributed by atoms with van der Waals surface area (Å²) in [6.07, 6.45) is 0. The Morgan fingerprint density at radius 1 is 1.00 bits per heavy atom. The summed E-state index contributed by atoms with van der Waals surface area (Å²) in [6.45, 7) is 1.00. The SMILES string of the molecule is COCCOc1ccc(C(=O)Nc2cccc(OC)c2)cc1. The third-order valence-corrected chi connectivity index (χ3v) is 3.00. The molecule has 5 nitrogen and oxygen atoms in total. The zero-order valence-electron chi connectivity index (χ0n) is 12.7. The highest BCUT2D eigenvalue weighted by Gasteiger charge is 2.07. The van der Waals surface area contributed by atoms with E-state index in [9.17, 15) is 4.79 Å². The van der Waals surface area contributed by atoms with Crippen molar-refractivity contribution in [2.75, 3.05) is 32.8 Å². The van der Waals surface area contributed by atoms with Crippen molar-refractivity contribution >= 4 is 11.6 Å². The molecule has 0 aliphatic carbocycles. The number of methoxy groups -OCH3 is 2. The van der Waals surface area contributed by atoms with Crippen LogP contribution in [0.3, 0.4) is 0 Å². The van der Waals surface area contributed by atoms with Crippen molar-refractivity contribution < 1.29 is 19.0 Å². The highest BCUT2D eigenvalue weighted by atomic mass is 16.5. The smallest absolute Gasteiger partial charge is 0.255 e. The Bertz CT molecular complexity index is 610. The number of benzene rings is 2. The van der Waals surface area contributed by atoms with Gasteiger partial charge in [0, 0.05) is 24.4 Å². The molecule has 0 bridgehead atoms. The van der Waals surface area contributed by atoms with Gasteiger partial charge in [-0.3, -0.25) is 4.79 Å². The Morgan fingerprint density at radius 2 is 1.77 bits per heavy atom. The van der Waals surface area contributed by atoms with Gasteiger partial charge in [0.05, 0.1) is 13.7 Å². The lowest BCUT2D eigenvalue weighted by molar-refractivity contribution is 0.102. The fourth-order valence-corrected chi connectivity index (χ4v) is 1.85. The lowest BCUT2D eigenvalue weighted by atomic mass is 10.2. The fraction of sp³-hybridized carbons (Fsp3) is 0.235. The molecule has 0 aliphatic heterocycles. The Morgan fingerprint density at radius 3 is 2.45 bits per heavy atom. The van der Waals surface area contributed by atoms with Crippen molar-refractivity contribution in [2.24, 2.45) is 0 Å². The summed E-state index contributed by atoms with van der Waals surface area (Å²) in [4.78, 5) is 12.2. The van der Waals surface area contributed by atoms with Gasteiger partial charge in [0.25, 0.3) is 5.91 Å². The number of nitrogens with one attached hydrogen (secondary N) is 1. The quantitative estimate of drug-likeness (QED) is 0.799. The third kappa shape index (κ3) is 4.49. The second-order valence-corrected chi connectivity index (χ2v) is 4.55. The van der Waals surface area contributed by atoms with E-state index in [0.29, 0.717) is 36.0 Å². The van der Waals surface area contributed by atoms with Gasteiger partial charge in [-0.05, 0) is 36.4 Å². The van der Waals surface area contributed by atoms with Crippen LogP contribution in [-0.2, 0) is 4.74 Å². The molecule has 0 atom stereocenters. The summed E-state index contributed by atoms with van der Waals surface area (Å²) < 4.78 is 15.5. The molecule has 0 saturated heterocycles. The van der Waals surface area contributed by atoms with Crippen LogP contribution in [0, 0.1) is 0 Å². The maximum atomic E-state index is 12.2. The van der Waals surface area contributed by atoms with Gasteiger partial charge in [0.1, 0.15) is 18.1 Å². The Balaban J connectivity index is 1.97. The molecule has 5 heteroatoms. The summed E-state index contributed by atoms with van der Waals surface area (Å²) in [6, 6.07) is 14.2. The zero-order chi connectivity index (χ0) is 15.8. The van der Waals surface area contributed by atoms with Gasteiger partial charge in [0.15, 0.2) is 0 Å². The van der Waals surface area contributed by atoms with Crippen LogP contribution in [0.4, 0.5) is 5.69 Å². The second-order valence-electron chi connectivity index (χ2n) is 4.55. The first-order valence-corrected chi connectivity index (χ1v) is 6.90. The molecule has 1 N–H and O–H groups in total. The van der Waals surface area contributed by atoms with Gasteiger partial charge >= 0.3 is 0 Å². The van der Waals surface area contributed by atoms with E-state index >= 15 is 0 Å². The van der Waals surface area contributed by atoms with Crippen molar-refractivity contribution in [3.8, 4) is 11.5 Å². The van der Waals surface area contributed by atoms with Crippen LogP contribution in [0.15, 0.2) is 48.5 Å². The molecule has 0 heterocycles. The van der Waals surface area contributed by atoms with E-state index in [2.05, 4.69) is 5.32 Å². The first-order chi connectivity index (χ1) is 10.7. The molecule has 0 fully saturated rings. The molecule has 2 rings (SSSR count). The minimum atomic E-state index is -0.184. The van der Waals surface area contributed by atoms with Crippen molar-refractivity contribution in [3.63, 3.8) is 0 Å². The normalized spacial score (nSPS) is 10.1. The molecule has 116 valence electrons. The number of anilines is 1. The molecule has 0 radical (unpaired) electrons. The molecule has 0 saturated carbocycles. The summed E-state index contributed by atoms with van der Waals surface area (Å²) in [5.74, 6) is 1.21. The van der Waals surface area contributed by atoms with Crippen molar-refractivity contribution in [1.82, 2.24) is 0 Å². The first kappa shape index (κ1) is 15.9. The number of rotatable bonds is 7. The molecule has 0 spiro atoms. The molecule has 2 aromatic rings. The Hall–Kier alpha value is -2.53. The average Bonchev–Trinajstić information content (AvgIpc) is 2.56. The maximum Gasteiger partial charge on any atom is 0.255 e. The number of carbonyl (C=O) groups is 1. The van der Waals surface area contributed by atoms with E-state index in [1.165, 1.54) is 0 Å². The van der Waals surface area contributed by atoms with Crippen molar-refractivity contribution in [3.05, 3.63) is 54.1 Å². The molecule has 0 aliphatic rings. The minimum absolute atomic E-state index is 0.184. The summed E-state index contributed by atoms with van der Waals surface area (Å²) in [5, 5.41) is 2.82. The van der Waals surface area contributed by atoms with Crippen LogP contribution in [0.25, 0.3) is 0 Å². The van der Waals surface area contributed by atoms with Crippen molar-refractivity contribution in [1.29, 1.82) is 0 Å². The third-order valence-electron chi connectivity index (χ3n) is 3.00. The minimum Gasteiger partial charge on any atom is -0.497 e. The van der Waals surface area contributed by atoms with Gasteiger partial charge in [0.2, 0.25) is 0 Å². The van der Waals surface area contributed by atoms with Crippen LogP contribution in [0.1, 0.15) is 10.4 Å². The van der Waals surface area contributed by atoms with E-state index in [1.54, 1.807) is 44.6 Å². The van der Waals surface area contributed by atoms with Crippen LogP contribution < -0.4 is 14.8 Å². The average molecular weight is 301 g/mol. The highest BCUT2D eigenvalue weighted by Crippen LogP contribution is 2.18. The lowest BCUT2D eigenvalue weighted by Gasteiger charge is -2.08. The van der Waals surface area contributed by atoms with Gasteiger partial charge in [-0.1, -0.05) is 6.07 Å². The number of hydrogen-bond acceptors (Lipinski definition) is 4. The molecule has 0 aromatic heterocycles. The van der Waals surface area contributed by atoms with Crippen LogP contribution >= 0.6 is 0 Å². The topological polar surface area (TPSA) is 56.8 Å². The first-order valence-electron chi connectivity index (χ1n) is 6.90. The number of carbonyl (C=O) groups excluding carboxylic acids is 1. The standard InChI is InChI=1S/C17H19NO4/c1-20-10-11-22-15-8-6-13(7-9-15)17(19)18-14-4-3-5-16(12-14)21-2/h3-9,12H,10-11H2,1-2H3,(H,18,19). The summed E-state index contributed by atoms with van der Waals surface area (Å²) in [7, 11) is 3.21. The lowest BCUT2D eigenvalue weighted by Crippen LogP contribution is -2.12. The van der Waals surface area contributed by atoms with E-state index in [4.69, 9.17) is 14.2 Å². The molecule has 2 aromatic carbocycles. The molecule has 22 heavy (non-hydrogen) atoms. The van der Waals surface area contributed by atoms with Gasteiger partial charge in [-0.15, -0.1) is 0 Å². The van der Waals surface area contributed by atoms with Crippen LogP contribution in [-0.4, -0.2) is 33.3 Å². The highest BCUT2D eigenvalue weighted by molar-refractivity contribution is 6.04. The molecular formula is C17H19NO4. The zero-order valence-corrected chi connectivity index (χ0v) is 12.7. The van der Waals surface area contributed by atoms with Gasteiger partial charge in [-0.25, -0.2) is 0 Å². The van der Waals surface area contributed by atoms with E-state index in [0.717, 1.165) is 0 Å². The Labute approximate surface area is 129 Å². The molecular weight excluding hydrogens is 282 g/mol. The Kier molecular flexibility index (Phi) is 5.80. The van der Waals surface area contributed by atoms with E-state index < -0.39 is 0 Å². The molecule has 1 amide bonds. The number of ether oxygens (including phenoxy) is 3.